The number of amides is 2. The highest BCUT2D eigenvalue weighted by Gasteiger charge is 2.16. The van der Waals surface area contributed by atoms with Gasteiger partial charge in [0.05, 0.1) is 12.7 Å². The Morgan fingerprint density at radius 3 is 2.57 bits per heavy atom. The number of rotatable bonds is 6. The molecule has 0 heterocycles. The summed E-state index contributed by atoms with van der Waals surface area (Å²) in [5.41, 5.74) is 8.02. The standard InChI is InChI=1S/C21H21ClN2O4/c1-28-19-12-16(22)7-8-17(19)21(27)24-23-20(26)10-9-18(25)15-6-5-13-3-2-4-14(13)11-15/h5-8,11-12H,2-4,9-10H2,1H3,(H,23,26)(H,24,27). The second kappa shape index (κ2) is 8.89. The molecular formula is C21H21ClN2O4. The zero-order chi connectivity index (χ0) is 20.1. The van der Waals surface area contributed by atoms with Crippen molar-refractivity contribution in [3.05, 3.63) is 63.7 Å². The molecule has 3 rings (SSSR count). The Hall–Kier alpha value is -2.86. The van der Waals surface area contributed by atoms with E-state index in [-0.39, 0.29) is 24.2 Å². The van der Waals surface area contributed by atoms with E-state index in [2.05, 4.69) is 10.9 Å². The van der Waals surface area contributed by atoms with Crippen molar-refractivity contribution in [1.82, 2.24) is 10.9 Å². The van der Waals surface area contributed by atoms with E-state index < -0.39 is 11.8 Å². The largest absolute Gasteiger partial charge is 0.496 e. The van der Waals surface area contributed by atoms with Gasteiger partial charge in [0.2, 0.25) is 5.91 Å². The molecule has 1 aliphatic rings. The quantitative estimate of drug-likeness (QED) is 0.575. The lowest BCUT2D eigenvalue weighted by Gasteiger charge is -2.10. The van der Waals surface area contributed by atoms with Crippen molar-refractivity contribution in [3.8, 4) is 5.75 Å². The van der Waals surface area contributed by atoms with Crippen LogP contribution in [0.5, 0.6) is 5.75 Å². The second-order valence-electron chi connectivity index (χ2n) is 6.61. The van der Waals surface area contributed by atoms with Crippen LogP contribution in [0.2, 0.25) is 5.02 Å². The molecule has 0 saturated heterocycles. The third-order valence-electron chi connectivity index (χ3n) is 4.72. The van der Waals surface area contributed by atoms with E-state index >= 15 is 0 Å². The molecule has 0 unspecified atom stereocenters. The molecule has 28 heavy (non-hydrogen) atoms. The number of carbonyl (C=O) groups excluding carboxylic acids is 3. The van der Waals surface area contributed by atoms with Crippen LogP contribution in [-0.2, 0) is 17.6 Å². The summed E-state index contributed by atoms with van der Waals surface area (Å²) in [7, 11) is 1.42. The molecule has 7 heteroatoms. The van der Waals surface area contributed by atoms with E-state index in [9.17, 15) is 14.4 Å². The number of methoxy groups -OCH3 is 1. The normalized spacial score (nSPS) is 12.2. The van der Waals surface area contributed by atoms with E-state index in [0.29, 0.717) is 16.3 Å². The molecule has 0 spiro atoms. The number of hydrogen-bond donors (Lipinski definition) is 2. The Kier molecular flexibility index (Phi) is 6.31. The number of aryl methyl sites for hydroxylation is 2. The molecule has 0 aromatic heterocycles. The van der Waals surface area contributed by atoms with Crippen LogP contribution in [0.4, 0.5) is 0 Å². The Morgan fingerprint density at radius 2 is 1.79 bits per heavy atom. The topological polar surface area (TPSA) is 84.5 Å². The van der Waals surface area contributed by atoms with Gasteiger partial charge in [-0.1, -0.05) is 23.7 Å². The van der Waals surface area contributed by atoms with Crippen molar-refractivity contribution >= 4 is 29.2 Å². The summed E-state index contributed by atoms with van der Waals surface area (Å²) in [6, 6.07) is 10.3. The average molecular weight is 401 g/mol. The van der Waals surface area contributed by atoms with Crippen LogP contribution in [0.15, 0.2) is 36.4 Å². The highest BCUT2D eigenvalue weighted by molar-refractivity contribution is 6.30. The van der Waals surface area contributed by atoms with Crippen LogP contribution in [0, 0.1) is 0 Å². The molecular weight excluding hydrogens is 380 g/mol. The fourth-order valence-electron chi connectivity index (χ4n) is 3.23. The van der Waals surface area contributed by atoms with Crippen molar-refractivity contribution in [2.45, 2.75) is 32.1 Å². The van der Waals surface area contributed by atoms with Crippen LogP contribution in [0.3, 0.4) is 0 Å². The monoisotopic (exact) mass is 400 g/mol. The summed E-state index contributed by atoms with van der Waals surface area (Å²) in [4.78, 5) is 36.5. The van der Waals surface area contributed by atoms with Gasteiger partial charge in [-0.2, -0.15) is 0 Å². The molecule has 0 bridgehead atoms. The van der Waals surface area contributed by atoms with Crippen LogP contribution in [-0.4, -0.2) is 24.7 Å². The molecule has 2 N–H and O–H groups in total. The first-order valence-electron chi connectivity index (χ1n) is 9.05. The minimum absolute atomic E-state index is 0.0199. The van der Waals surface area contributed by atoms with Crippen LogP contribution in [0.25, 0.3) is 0 Å². The SMILES string of the molecule is COc1cc(Cl)ccc1C(=O)NNC(=O)CCC(=O)c1ccc2c(c1)CCC2. The van der Waals surface area contributed by atoms with Crippen LogP contribution >= 0.6 is 11.6 Å². The lowest BCUT2D eigenvalue weighted by molar-refractivity contribution is -0.121. The fourth-order valence-corrected chi connectivity index (χ4v) is 3.39. The summed E-state index contributed by atoms with van der Waals surface area (Å²) in [6.07, 6.45) is 3.23. The van der Waals surface area contributed by atoms with Gasteiger partial charge in [-0.25, -0.2) is 0 Å². The molecule has 0 saturated carbocycles. The van der Waals surface area contributed by atoms with Gasteiger partial charge in [0.15, 0.2) is 5.78 Å². The first-order chi connectivity index (χ1) is 13.5. The summed E-state index contributed by atoms with van der Waals surface area (Å²) in [5, 5.41) is 0.433. The maximum absolute atomic E-state index is 12.3. The molecule has 2 aromatic rings. The van der Waals surface area contributed by atoms with Gasteiger partial charge in [-0.3, -0.25) is 25.2 Å². The third kappa shape index (κ3) is 4.70. The highest BCUT2D eigenvalue weighted by Crippen LogP contribution is 2.24. The molecule has 0 radical (unpaired) electrons. The Labute approximate surface area is 168 Å². The number of ketones is 1. The molecule has 0 fully saturated rings. The van der Waals surface area contributed by atoms with E-state index in [1.165, 1.54) is 30.4 Å². The van der Waals surface area contributed by atoms with Gasteiger partial charge in [0.1, 0.15) is 5.75 Å². The Morgan fingerprint density at radius 1 is 1.00 bits per heavy atom. The smallest absolute Gasteiger partial charge is 0.273 e. The predicted molar refractivity (Wildman–Crippen MR) is 106 cm³/mol. The van der Waals surface area contributed by atoms with Gasteiger partial charge in [0, 0.05) is 23.4 Å². The van der Waals surface area contributed by atoms with Crippen molar-refractivity contribution in [1.29, 1.82) is 0 Å². The molecule has 1 aliphatic carbocycles. The number of fused-ring (bicyclic) bond motifs is 1. The second-order valence-corrected chi connectivity index (χ2v) is 7.04. The number of benzene rings is 2. The van der Waals surface area contributed by atoms with Crippen LogP contribution < -0.4 is 15.6 Å². The van der Waals surface area contributed by atoms with E-state index in [1.807, 2.05) is 18.2 Å². The van der Waals surface area contributed by atoms with Crippen molar-refractivity contribution < 1.29 is 19.1 Å². The fraction of sp³-hybridized carbons (Fsp3) is 0.286. The highest BCUT2D eigenvalue weighted by atomic mass is 35.5. The lowest BCUT2D eigenvalue weighted by Crippen LogP contribution is -2.41. The molecule has 0 atom stereocenters. The summed E-state index contributed by atoms with van der Waals surface area (Å²) >= 11 is 5.87. The zero-order valence-corrected chi connectivity index (χ0v) is 16.3. The van der Waals surface area contributed by atoms with Gasteiger partial charge in [-0.15, -0.1) is 0 Å². The maximum atomic E-state index is 12.3. The summed E-state index contributed by atoms with van der Waals surface area (Å²) < 4.78 is 5.11. The summed E-state index contributed by atoms with van der Waals surface area (Å²) in [5.74, 6) is -0.774. The number of carbonyl (C=O) groups is 3. The van der Waals surface area contributed by atoms with E-state index in [0.717, 1.165) is 19.3 Å². The van der Waals surface area contributed by atoms with Crippen molar-refractivity contribution in [3.63, 3.8) is 0 Å². The third-order valence-corrected chi connectivity index (χ3v) is 4.96. The predicted octanol–water partition coefficient (Wildman–Crippen LogP) is 3.26. The molecule has 2 aromatic carbocycles. The van der Waals surface area contributed by atoms with E-state index in [4.69, 9.17) is 16.3 Å². The first kappa shape index (κ1) is 19.9. The van der Waals surface area contributed by atoms with Gasteiger partial charge in [-0.05, 0) is 54.7 Å². The Bertz CT molecular complexity index is 927. The van der Waals surface area contributed by atoms with Crippen molar-refractivity contribution in [2.75, 3.05) is 7.11 Å². The van der Waals surface area contributed by atoms with Crippen LogP contribution in [0.1, 0.15) is 51.1 Å². The molecule has 2 amide bonds. The molecule has 6 nitrogen and oxygen atoms in total. The minimum atomic E-state index is -0.535. The molecule has 0 aliphatic heterocycles. The van der Waals surface area contributed by atoms with E-state index in [1.54, 1.807) is 6.07 Å². The number of Topliss-reactive ketones (excluding diaryl/α,β-unsaturated/α-hetero) is 1. The Balaban J connectivity index is 1.49. The van der Waals surface area contributed by atoms with Crippen molar-refractivity contribution in [2.24, 2.45) is 0 Å². The first-order valence-corrected chi connectivity index (χ1v) is 9.43. The number of ether oxygens (including phenoxy) is 1. The number of hydrogen-bond acceptors (Lipinski definition) is 4. The van der Waals surface area contributed by atoms with Gasteiger partial charge in [0.25, 0.3) is 5.91 Å². The zero-order valence-electron chi connectivity index (χ0n) is 15.5. The average Bonchev–Trinajstić information content (AvgIpc) is 3.17. The van der Waals surface area contributed by atoms with Gasteiger partial charge < -0.3 is 4.74 Å². The van der Waals surface area contributed by atoms with Gasteiger partial charge >= 0.3 is 0 Å². The molecule has 146 valence electrons. The number of nitrogens with one attached hydrogen (secondary N) is 2. The minimum Gasteiger partial charge on any atom is -0.496 e. The lowest BCUT2D eigenvalue weighted by atomic mass is 10.0. The number of hydrazine groups is 1. The maximum Gasteiger partial charge on any atom is 0.273 e. The number of halogens is 1. The summed E-state index contributed by atoms with van der Waals surface area (Å²) in [6.45, 7) is 0.